The van der Waals surface area contributed by atoms with Crippen LogP contribution in [-0.2, 0) is 0 Å². The fourth-order valence-electron chi connectivity index (χ4n) is 4.32. The van der Waals surface area contributed by atoms with E-state index in [9.17, 15) is 0 Å². The van der Waals surface area contributed by atoms with Crippen LogP contribution in [0.1, 0.15) is 68.4 Å². The number of rotatable bonds is 4. The standard InChI is InChI=1S/C20H26N4S/c1-2-24-19(18(22-20(24)25)17-10-6-7-12-21-17)15-11-13-23(14-15)16-8-4-3-5-9-16/h6-7,10-14,16,18-19H,2-5,8-9H2,1H3,(H,22,25)/t18-,19+/m0/s1. The molecule has 2 aromatic heterocycles. The van der Waals surface area contributed by atoms with Gasteiger partial charge in [0.2, 0.25) is 0 Å². The predicted octanol–water partition coefficient (Wildman–Crippen LogP) is 4.38. The van der Waals surface area contributed by atoms with Crippen molar-refractivity contribution in [3.05, 3.63) is 54.1 Å². The van der Waals surface area contributed by atoms with Gasteiger partial charge in [0, 0.05) is 31.2 Å². The van der Waals surface area contributed by atoms with Gasteiger partial charge in [0.1, 0.15) is 0 Å². The minimum atomic E-state index is 0.107. The molecule has 1 saturated carbocycles. The summed E-state index contributed by atoms with van der Waals surface area (Å²) in [5.41, 5.74) is 2.38. The van der Waals surface area contributed by atoms with Crippen LogP contribution in [-0.4, -0.2) is 26.1 Å². The van der Waals surface area contributed by atoms with E-state index < -0.39 is 0 Å². The Bertz CT molecular complexity index is 720. The second-order valence-electron chi connectivity index (χ2n) is 7.10. The molecular weight excluding hydrogens is 328 g/mol. The molecule has 4 nitrogen and oxygen atoms in total. The van der Waals surface area contributed by atoms with Gasteiger partial charge in [-0.2, -0.15) is 0 Å². The molecule has 1 aliphatic carbocycles. The van der Waals surface area contributed by atoms with Crippen LogP contribution >= 0.6 is 12.2 Å². The highest BCUT2D eigenvalue weighted by Crippen LogP contribution is 2.39. The minimum absolute atomic E-state index is 0.107. The van der Waals surface area contributed by atoms with Gasteiger partial charge in [0.25, 0.3) is 0 Å². The summed E-state index contributed by atoms with van der Waals surface area (Å²) in [5, 5.41) is 4.32. The molecule has 0 radical (unpaired) electrons. The highest BCUT2D eigenvalue weighted by molar-refractivity contribution is 7.80. The highest BCUT2D eigenvalue weighted by Gasteiger charge is 2.39. The predicted molar refractivity (Wildman–Crippen MR) is 104 cm³/mol. The van der Waals surface area contributed by atoms with E-state index in [1.54, 1.807) is 0 Å². The van der Waals surface area contributed by atoms with Crippen molar-refractivity contribution in [2.24, 2.45) is 0 Å². The number of hydrogen-bond donors (Lipinski definition) is 1. The first-order valence-electron chi connectivity index (χ1n) is 9.43. The summed E-state index contributed by atoms with van der Waals surface area (Å²) < 4.78 is 2.43. The van der Waals surface area contributed by atoms with Gasteiger partial charge >= 0.3 is 0 Å². The Labute approximate surface area is 155 Å². The van der Waals surface area contributed by atoms with Crippen molar-refractivity contribution < 1.29 is 0 Å². The fraction of sp³-hybridized carbons (Fsp3) is 0.500. The highest BCUT2D eigenvalue weighted by atomic mass is 32.1. The van der Waals surface area contributed by atoms with Crippen LogP contribution < -0.4 is 5.32 Å². The van der Waals surface area contributed by atoms with Gasteiger partial charge in [-0.25, -0.2) is 0 Å². The van der Waals surface area contributed by atoms with E-state index in [1.807, 2.05) is 18.3 Å². The zero-order valence-corrected chi connectivity index (χ0v) is 15.6. The Balaban J connectivity index is 1.65. The molecule has 1 aliphatic heterocycles. The van der Waals surface area contributed by atoms with Crippen LogP contribution in [0.5, 0.6) is 0 Å². The molecule has 132 valence electrons. The SMILES string of the molecule is CCN1C(=S)N[C@@H](c2ccccn2)[C@H]1c1ccn(C2CCCCC2)c1. The molecule has 5 heteroatoms. The van der Waals surface area contributed by atoms with Crippen molar-refractivity contribution in [3.8, 4) is 0 Å². The third kappa shape index (κ3) is 3.17. The van der Waals surface area contributed by atoms with Crippen LogP contribution in [0.4, 0.5) is 0 Å². The first-order chi connectivity index (χ1) is 12.3. The lowest BCUT2D eigenvalue weighted by molar-refractivity contribution is 0.326. The van der Waals surface area contributed by atoms with Crippen LogP contribution in [0.15, 0.2) is 42.9 Å². The number of hydrogen-bond acceptors (Lipinski definition) is 2. The van der Waals surface area contributed by atoms with Gasteiger partial charge in [-0.3, -0.25) is 4.98 Å². The molecule has 2 atom stereocenters. The Morgan fingerprint density at radius 3 is 2.76 bits per heavy atom. The first-order valence-corrected chi connectivity index (χ1v) is 9.84. The largest absolute Gasteiger partial charge is 0.352 e. The van der Waals surface area contributed by atoms with E-state index in [2.05, 4.69) is 51.2 Å². The lowest BCUT2D eigenvalue weighted by Gasteiger charge is -2.26. The molecule has 2 aliphatic rings. The zero-order chi connectivity index (χ0) is 17.2. The maximum Gasteiger partial charge on any atom is 0.170 e. The molecule has 0 spiro atoms. The van der Waals surface area contributed by atoms with E-state index in [4.69, 9.17) is 12.2 Å². The van der Waals surface area contributed by atoms with Gasteiger partial charge in [-0.1, -0.05) is 25.3 Å². The average Bonchev–Trinajstić information content (AvgIpc) is 3.27. The van der Waals surface area contributed by atoms with Crippen LogP contribution in [0.25, 0.3) is 0 Å². The zero-order valence-electron chi connectivity index (χ0n) is 14.8. The summed E-state index contributed by atoms with van der Waals surface area (Å²) >= 11 is 5.61. The van der Waals surface area contributed by atoms with Crippen molar-refractivity contribution in [2.75, 3.05) is 6.54 Å². The van der Waals surface area contributed by atoms with E-state index in [1.165, 1.54) is 37.7 Å². The van der Waals surface area contributed by atoms with E-state index in [-0.39, 0.29) is 12.1 Å². The second kappa shape index (κ2) is 7.16. The maximum absolute atomic E-state index is 5.61. The Hall–Kier alpha value is -1.88. The van der Waals surface area contributed by atoms with Crippen molar-refractivity contribution >= 4 is 17.3 Å². The number of nitrogens with one attached hydrogen (secondary N) is 1. The Morgan fingerprint density at radius 1 is 1.20 bits per heavy atom. The maximum atomic E-state index is 5.61. The van der Waals surface area contributed by atoms with E-state index in [0.717, 1.165) is 17.4 Å². The minimum Gasteiger partial charge on any atom is -0.352 e. The second-order valence-corrected chi connectivity index (χ2v) is 7.48. The third-order valence-corrected chi connectivity index (χ3v) is 5.97. The average molecular weight is 355 g/mol. The van der Waals surface area contributed by atoms with Crippen LogP contribution in [0.3, 0.4) is 0 Å². The van der Waals surface area contributed by atoms with E-state index >= 15 is 0 Å². The molecule has 3 heterocycles. The number of aromatic nitrogens is 2. The normalized spacial score (nSPS) is 24.5. The Morgan fingerprint density at radius 2 is 2.04 bits per heavy atom. The summed E-state index contributed by atoms with van der Waals surface area (Å²) in [7, 11) is 0. The molecule has 25 heavy (non-hydrogen) atoms. The number of nitrogens with zero attached hydrogens (tertiary/aromatic N) is 3. The molecule has 1 N–H and O–H groups in total. The van der Waals surface area contributed by atoms with Gasteiger partial charge in [0.15, 0.2) is 5.11 Å². The molecule has 0 bridgehead atoms. The number of pyridine rings is 1. The van der Waals surface area contributed by atoms with Gasteiger partial charge in [-0.15, -0.1) is 0 Å². The number of likely N-dealkylation sites (N-methyl/N-ethyl adjacent to an activating group) is 1. The molecule has 2 fully saturated rings. The quantitative estimate of drug-likeness (QED) is 0.826. The van der Waals surface area contributed by atoms with Crippen molar-refractivity contribution in [3.63, 3.8) is 0 Å². The summed E-state index contributed by atoms with van der Waals surface area (Å²) in [6, 6.07) is 9.34. The Kier molecular flexibility index (Phi) is 4.75. The first kappa shape index (κ1) is 16.6. The third-order valence-electron chi connectivity index (χ3n) is 5.61. The van der Waals surface area contributed by atoms with Gasteiger partial charge in [0.05, 0.1) is 17.8 Å². The molecule has 4 rings (SSSR count). The monoisotopic (exact) mass is 354 g/mol. The van der Waals surface area contributed by atoms with Gasteiger partial charge < -0.3 is 14.8 Å². The lowest BCUT2D eigenvalue weighted by Crippen LogP contribution is -2.29. The molecule has 0 unspecified atom stereocenters. The smallest absolute Gasteiger partial charge is 0.170 e. The summed E-state index contributed by atoms with van der Waals surface area (Å²) in [5.74, 6) is 0. The topological polar surface area (TPSA) is 33.1 Å². The van der Waals surface area contributed by atoms with Crippen molar-refractivity contribution in [1.82, 2.24) is 19.8 Å². The fourth-order valence-corrected chi connectivity index (χ4v) is 4.69. The summed E-state index contributed by atoms with van der Waals surface area (Å²) in [6.07, 6.45) is 13.2. The van der Waals surface area contributed by atoms with Crippen molar-refractivity contribution in [2.45, 2.75) is 57.2 Å². The molecule has 1 saturated heterocycles. The van der Waals surface area contributed by atoms with Crippen molar-refractivity contribution in [1.29, 1.82) is 0 Å². The van der Waals surface area contributed by atoms with E-state index in [0.29, 0.717) is 6.04 Å². The number of thiocarbonyl (C=S) groups is 1. The molecule has 2 aromatic rings. The van der Waals surface area contributed by atoms with Crippen LogP contribution in [0, 0.1) is 0 Å². The molecule has 0 aromatic carbocycles. The molecule has 0 amide bonds. The van der Waals surface area contributed by atoms with Gasteiger partial charge in [-0.05, 0) is 55.7 Å². The summed E-state index contributed by atoms with van der Waals surface area (Å²) in [4.78, 5) is 6.87. The summed E-state index contributed by atoms with van der Waals surface area (Å²) in [6.45, 7) is 3.06. The van der Waals surface area contributed by atoms with Crippen LogP contribution in [0.2, 0.25) is 0 Å². The lowest BCUT2D eigenvalue weighted by atomic mass is 9.95. The molecular formula is C20H26N4S.